The monoisotopic (exact) mass is 547 g/mol. The van der Waals surface area contributed by atoms with Crippen molar-refractivity contribution in [2.45, 2.75) is 19.9 Å². The Morgan fingerprint density at radius 2 is 1.68 bits per heavy atom. The van der Waals surface area contributed by atoms with Gasteiger partial charge >= 0.3 is 0 Å². The van der Waals surface area contributed by atoms with Crippen molar-refractivity contribution in [2.24, 2.45) is 4.99 Å². The number of para-hydroxylation sites is 1. The van der Waals surface area contributed by atoms with Crippen molar-refractivity contribution in [3.05, 3.63) is 100 Å². The third kappa shape index (κ3) is 6.57. The van der Waals surface area contributed by atoms with Gasteiger partial charge in [-0.15, -0.1) is 0 Å². The number of carbonyl (C=O) groups is 2. The van der Waals surface area contributed by atoms with Gasteiger partial charge in [0.2, 0.25) is 5.91 Å². The summed E-state index contributed by atoms with van der Waals surface area (Å²) in [4.78, 5) is 33.0. The molecule has 1 aliphatic heterocycles. The summed E-state index contributed by atoms with van der Waals surface area (Å²) >= 11 is 7.46. The Balaban J connectivity index is 1.55. The number of rotatable bonds is 7. The average molecular weight is 548 g/mol. The highest BCUT2D eigenvalue weighted by atomic mass is 35.5. The van der Waals surface area contributed by atoms with Crippen LogP contribution < -0.4 is 20.9 Å². The van der Waals surface area contributed by atoms with E-state index in [9.17, 15) is 9.59 Å². The number of nitrogens with one attached hydrogen (secondary N) is 3. The molecule has 196 valence electrons. The highest BCUT2D eigenvalue weighted by Crippen LogP contribution is 2.34. The molecule has 0 bridgehead atoms. The van der Waals surface area contributed by atoms with E-state index in [1.807, 2.05) is 93.5 Å². The van der Waals surface area contributed by atoms with Gasteiger partial charge in [-0.05, 0) is 61.4 Å². The molecule has 0 fully saturated rings. The van der Waals surface area contributed by atoms with Gasteiger partial charge in [0, 0.05) is 41.9 Å². The number of thioether (sulfide) groups is 1. The van der Waals surface area contributed by atoms with Gasteiger partial charge in [-0.3, -0.25) is 9.59 Å². The van der Waals surface area contributed by atoms with E-state index in [1.165, 1.54) is 11.8 Å². The summed E-state index contributed by atoms with van der Waals surface area (Å²) in [6, 6.07) is 22.2. The lowest BCUT2D eigenvalue weighted by atomic mass is 9.95. The first-order chi connectivity index (χ1) is 18.2. The van der Waals surface area contributed by atoms with Crippen LogP contribution in [0.3, 0.4) is 0 Å². The molecule has 1 aliphatic rings. The van der Waals surface area contributed by atoms with Crippen molar-refractivity contribution >= 4 is 57.4 Å². The molecule has 3 N–H and O–H groups in total. The van der Waals surface area contributed by atoms with Gasteiger partial charge in [0.1, 0.15) is 6.04 Å². The van der Waals surface area contributed by atoms with Gasteiger partial charge in [0.25, 0.3) is 5.91 Å². The van der Waals surface area contributed by atoms with Crippen molar-refractivity contribution in [1.82, 2.24) is 5.32 Å². The molecular formula is C29H30ClN5O2S. The van der Waals surface area contributed by atoms with Crippen molar-refractivity contribution in [2.75, 3.05) is 35.4 Å². The highest BCUT2D eigenvalue weighted by molar-refractivity contribution is 8.14. The number of aliphatic imine (C=N–C) groups is 1. The summed E-state index contributed by atoms with van der Waals surface area (Å²) in [7, 11) is 3.95. The number of amides is 2. The lowest BCUT2D eigenvalue weighted by Crippen LogP contribution is -2.32. The first-order valence-corrected chi connectivity index (χ1v) is 13.5. The van der Waals surface area contributed by atoms with Crippen molar-refractivity contribution < 1.29 is 9.59 Å². The summed E-state index contributed by atoms with van der Waals surface area (Å²) in [6.45, 7) is 3.71. The molecule has 3 aromatic carbocycles. The molecule has 0 saturated heterocycles. The fourth-order valence-electron chi connectivity index (χ4n) is 3.99. The topological polar surface area (TPSA) is 85.8 Å². The van der Waals surface area contributed by atoms with E-state index >= 15 is 0 Å². The smallest absolute Gasteiger partial charge is 0.255 e. The highest BCUT2D eigenvalue weighted by Gasteiger charge is 2.30. The maximum atomic E-state index is 13.4. The maximum absolute atomic E-state index is 13.4. The lowest BCUT2D eigenvalue weighted by molar-refractivity contribution is -0.114. The molecule has 0 saturated carbocycles. The predicted octanol–water partition coefficient (Wildman–Crippen LogP) is 6.00. The Morgan fingerprint density at radius 1 is 0.974 bits per heavy atom. The van der Waals surface area contributed by atoms with Crippen LogP contribution in [-0.2, 0) is 9.59 Å². The van der Waals surface area contributed by atoms with E-state index in [0.29, 0.717) is 32.8 Å². The minimum absolute atomic E-state index is 0.142. The molecule has 0 unspecified atom stereocenters. The second kappa shape index (κ2) is 12.2. The number of hydrogen-bond acceptors (Lipinski definition) is 6. The number of carbonyl (C=O) groups excluding carboxylic acids is 2. The van der Waals surface area contributed by atoms with E-state index in [1.54, 1.807) is 12.1 Å². The Labute approximate surface area is 232 Å². The second-order valence-corrected chi connectivity index (χ2v) is 10.4. The number of halogens is 1. The number of benzene rings is 3. The first-order valence-electron chi connectivity index (χ1n) is 12.1. The van der Waals surface area contributed by atoms with E-state index in [2.05, 4.69) is 16.0 Å². The van der Waals surface area contributed by atoms with E-state index in [-0.39, 0.29) is 17.6 Å². The van der Waals surface area contributed by atoms with Gasteiger partial charge < -0.3 is 20.9 Å². The number of allylic oxidation sites excluding steroid dienone is 1. The summed E-state index contributed by atoms with van der Waals surface area (Å²) in [5, 5.41) is 10.3. The SMILES string of the molecule is CC1=C(C(=O)Nc2ccccc2)[C@H](c2ccc(N(C)C)cc2)N=C(SCC(=O)Nc2cccc(Cl)c2C)N1. The Bertz CT molecular complexity index is 1390. The summed E-state index contributed by atoms with van der Waals surface area (Å²) in [6.07, 6.45) is 0. The average Bonchev–Trinajstić information content (AvgIpc) is 2.90. The molecule has 1 atom stereocenters. The minimum atomic E-state index is -0.531. The number of nitrogens with zero attached hydrogens (tertiary/aromatic N) is 2. The first kappa shape index (κ1) is 27.3. The van der Waals surface area contributed by atoms with Crippen LogP contribution >= 0.6 is 23.4 Å². The zero-order valence-corrected chi connectivity index (χ0v) is 23.3. The largest absolute Gasteiger partial charge is 0.378 e. The van der Waals surface area contributed by atoms with Crippen molar-refractivity contribution in [1.29, 1.82) is 0 Å². The maximum Gasteiger partial charge on any atom is 0.255 e. The Morgan fingerprint density at radius 3 is 2.37 bits per heavy atom. The molecule has 0 aromatic heterocycles. The second-order valence-electron chi connectivity index (χ2n) is 9.06. The third-order valence-corrected chi connectivity index (χ3v) is 7.40. The number of amidine groups is 1. The van der Waals surface area contributed by atoms with E-state index in [0.717, 1.165) is 16.8 Å². The number of hydrogen-bond donors (Lipinski definition) is 3. The molecule has 0 aliphatic carbocycles. The van der Waals surface area contributed by atoms with Crippen molar-refractivity contribution in [3.63, 3.8) is 0 Å². The lowest BCUT2D eigenvalue weighted by Gasteiger charge is -2.27. The fraction of sp³-hybridized carbons (Fsp3) is 0.207. The Hall–Kier alpha value is -3.75. The molecule has 3 aromatic rings. The summed E-state index contributed by atoms with van der Waals surface area (Å²) < 4.78 is 0. The molecule has 1 heterocycles. The zero-order chi connectivity index (χ0) is 27.2. The number of anilines is 3. The van der Waals surface area contributed by atoms with Gasteiger partial charge in [-0.1, -0.05) is 59.8 Å². The van der Waals surface area contributed by atoms with Crippen LogP contribution in [0.4, 0.5) is 17.1 Å². The summed E-state index contributed by atoms with van der Waals surface area (Å²) in [5.41, 5.74) is 5.33. The third-order valence-electron chi connectivity index (χ3n) is 6.10. The van der Waals surface area contributed by atoms with E-state index in [4.69, 9.17) is 16.6 Å². The fourth-order valence-corrected chi connectivity index (χ4v) is 4.91. The van der Waals surface area contributed by atoms with Crippen LogP contribution in [0.5, 0.6) is 0 Å². The predicted molar refractivity (Wildman–Crippen MR) is 159 cm³/mol. The van der Waals surface area contributed by atoms with Gasteiger partial charge in [0.05, 0.1) is 11.3 Å². The molecular weight excluding hydrogens is 518 g/mol. The van der Waals surface area contributed by atoms with Gasteiger partial charge in [0.15, 0.2) is 5.17 Å². The van der Waals surface area contributed by atoms with Crippen LogP contribution in [0.25, 0.3) is 0 Å². The Kier molecular flexibility index (Phi) is 8.76. The van der Waals surface area contributed by atoms with Gasteiger partial charge in [-0.25, -0.2) is 4.99 Å². The molecule has 4 rings (SSSR count). The molecule has 0 spiro atoms. The van der Waals surface area contributed by atoms with Crippen LogP contribution in [-0.4, -0.2) is 36.8 Å². The molecule has 7 nitrogen and oxygen atoms in total. The normalized spacial score (nSPS) is 14.9. The molecule has 38 heavy (non-hydrogen) atoms. The van der Waals surface area contributed by atoms with Gasteiger partial charge in [-0.2, -0.15) is 0 Å². The van der Waals surface area contributed by atoms with Crippen LogP contribution in [0.1, 0.15) is 24.1 Å². The van der Waals surface area contributed by atoms with Crippen LogP contribution in [0.2, 0.25) is 5.02 Å². The standard InChI is InChI=1S/C29H30ClN5O2S/c1-18-23(30)11-8-12-24(18)33-25(36)17-38-29-31-19(2)26(28(37)32-21-9-6-5-7-10-21)27(34-29)20-13-15-22(16-14-20)35(3)4/h5-16,27H,17H2,1-4H3,(H,31,34)(H,32,37)(H,33,36)/t27-/m0/s1. The van der Waals surface area contributed by atoms with Crippen molar-refractivity contribution in [3.8, 4) is 0 Å². The molecule has 9 heteroatoms. The summed E-state index contributed by atoms with van der Waals surface area (Å²) in [5.74, 6) is -0.265. The zero-order valence-electron chi connectivity index (χ0n) is 21.7. The quantitative estimate of drug-likeness (QED) is 0.338. The van der Waals surface area contributed by atoms with Crippen LogP contribution in [0.15, 0.2) is 89.1 Å². The molecule has 2 amide bonds. The van der Waals surface area contributed by atoms with Crippen LogP contribution in [0, 0.1) is 6.92 Å². The van der Waals surface area contributed by atoms with E-state index < -0.39 is 6.04 Å². The molecule has 0 radical (unpaired) electrons. The minimum Gasteiger partial charge on any atom is -0.378 e.